The summed E-state index contributed by atoms with van der Waals surface area (Å²) in [5, 5.41) is 0. The lowest BCUT2D eigenvalue weighted by atomic mass is 9.80. The summed E-state index contributed by atoms with van der Waals surface area (Å²) >= 11 is 0. The number of nitrogens with two attached hydrogens (primary N) is 1. The second-order valence-corrected chi connectivity index (χ2v) is 6.40. The van der Waals surface area contributed by atoms with Gasteiger partial charge in [-0.2, -0.15) is 0 Å². The van der Waals surface area contributed by atoms with E-state index in [-0.39, 0.29) is 0 Å². The summed E-state index contributed by atoms with van der Waals surface area (Å²) in [6.07, 6.45) is 6.80. The Morgan fingerprint density at radius 1 is 0.962 bits per heavy atom. The van der Waals surface area contributed by atoms with Gasteiger partial charge >= 0.3 is 0 Å². The Morgan fingerprint density at radius 3 is 2.38 bits per heavy atom. The van der Waals surface area contributed by atoms with Crippen LogP contribution >= 0.6 is 0 Å². The van der Waals surface area contributed by atoms with Crippen LogP contribution in [0.2, 0.25) is 0 Å². The molecule has 5 heteroatoms. The first-order valence-corrected chi connectivity index (χ1v) is 8.56. The van der Waals surface area contributed by atoms with Gasteiger partial charge in [-0.15, -0.1) is 0 Å². The van der Waals surface area contributed by atoms with Crippen LogP contribution in [0.1, 0.15) is 24.0 Å². The first-order valence-electron chi connectivity index (χ1n) is 8.56. The summed E-state index contributed by atoms with van der Waals surface area (Å²) < 4.78 is 5.29. The maximum atomic E-state index is 6.10. The largest absolute Gasteiger partial charge is 0.497 e. The monoisotopic (exact) mass is 344 g/mol. The lowest BCUT2D eigenvalue weighted by Crippen LogP contribution is -2.22. The molecule has 130 valence electrons. The third-order valence-corrected chi connectivity index (χ3v) is 4.88. The zero-order chi connectivity index (χ0) is 18.0. The van der Waals surface area contributed by atoms with Gasteiger partial charge in [0.05, 0.1) is 12.9 Å². The molecule has 1 aliphatic heterocycles. The molecule has 0 fully saturated rings. The van der Waals surface area contributed by atoms with Crippen LogP contribution in [0.15, 0.2) is 72.2 Å². The maximum absolute atomic E-state index is 6.10. The van der Waals surface area contributed by atoms with Gasteiger partial charge in [-0.05, 0) is 41.3 Å². The van der Waals surface area contributed by atoms with E-state index in [1.165, 1.54) is 6.33 Å². The Morgan fingerprint density at radius 2 is 1.73 bits per heavy atom. The van der Waals surface area contributed by atoms with Gasteiger partial charge in [-0.25, -0.2) is 9.97 Å². The Labute approximate surface area is 152 Å². The summed E-state index contributed by atoms with van der Waals surface area (Å²) in [6, 6.07) is 16.5. The SMILES string of the molecule is COc1ccc([C@@]2(c3cccc(-c4cncnc4)c3)CCC(N)=N2)cc1. The highest BCUT2D eigenvalue weighted by Gasteiger charge is 2.38. The van der Waals surface area contributed by atoms with E-state index in [2.05, 4.69) is 40.3 Å². The third kappa shape index (κ3) is 2.81. The van der Waals surface area contributed by atoms with Crippen molar-refractivity contribution in [2.24, 2.45) is 10.7 Å². The number of rotatable bonds is 4. The van der Waals surface area contributed by atoms with Gasteiger partial charge in [-0.1, -0.05) is 30.3 Å². The Balaban J connectivity index is 1.83. The number of ether oxygens (including phenoxy) is 1. The lowest BCUT2D eigenvalue weighted by Gasteiger charge is -2.28. The molecule has 0 saturated heterocycles. The number of nitrogens with zero attached hydrogens (tertiary/aromatic N) is 3. The molecule has 0 saturated carbocycles. The van der Waals surface area contributed by atoms with Crippen molar-refractivity contribution in [3.63, 3.8) is 0 Å². The van der Waals surface area contributed by atoms with Crippen LogP contribution in [0, 0.1) is 0 Å². The highest BCUT2D eigenvalue weighted by atomic mass is 16.5. The van der Waals surface area contributed by atoms with E-state index in [0.717, 1.165) is 40.8 Å². The van der Waals surface area contributed by atoms with Gasteiger partial charge in [0.25, 0.3) is 0 Å². The maximum Gasteiger partial charge on any atom is 0.118 e. The van der Waals surface area contributed by atoms with Crippen molar-refractivity contribution in [1.29, 1.82) is 0 Å². The highest BCUT2D eigenvalue weighted by molar-refractivity contribution is 5.84. The van der Waals surface area contributed by atoms with E-state index < -0.39 is 5.54 Å². The van der Waals surface area contributed by atoms with Crippen molar-refractivity contribution < 1.29 is 4.74 Å². The number of aliphatic imine (C=N–C) groups is 1. The predicted octanol–water partition coefficient (Wildman–Crippen LogP) is 3.55. The highest BCUT2D eigenvalue weighted by Crippen LogP contribution is 2.43. The molecule has 2 N–H and O–H groups in total. The average Bonchev–Trinajstić information content (AvgIpc) is 3.12. The van der Waals surface area contributed by atoms with Crippen molar-refractivity contribution in [1.82, 2.24) is 9.97 Å². The van der Waals surface area contributed by atoms with E-state index in [0.29, 0.717) is 5.84 Å². The van der Waals surface area contributed by atoms with Crippen molar-refractivity contribution in [3.8, 4) is 16.9 Å². The molecule has 0 spiro atoms. The zero-order valence-corrected chi connectivity index (χ0v) is 14.6. The number of amidine groups is 1. The minimum Gasteiger partial charge on any atom is -0.497 e. The third-order valence-electron chi connectivity index (χ3n) is 4.88. The van der Waals surface area contributed by atoms with E-state index in [4.69, 9.17) is 15.5 Å². The number of methoxy groups -OCH3 is 1. The summed E-state index contributed by atoms with van der Waals surface area (Å²) in [7, 11) is 1.67. The number of hydrogen-bond acceptors (Lipinski definition) is 5. The molecule has 0 amide bonds. The summed E-state index contributed by atoms with van der Waals surface area (Å²) in [5.74, 6) is 1.52. The van der Waals surface area contributed by atoms with E-state index in [9.17, 15) is 0 Å². The van der Waals surface area contributed by atoms with E-state index in [1.807, 2.05) is 30.6 Å². The smallest absolute Gasteiger partial charge is 0.118 e. The average molecular weight is 344 g/mol. The minimum atomic E-state index is -0.470. The quantitative estimate of drug-likeness (QED) is 0.785. The van der Waals surface area contributed by atoms with Crippen LogP contribution in [-0.2, 0) is 5.54 Å². The molecule has 3 aromatic rings. The summed E-state index contributed by atoms with van der Waals surface area (Å²) in [5.41, 5.74) is 9.90. The lowest BCUT2D eigenvalue weighted by molar-refractivity contribution is 0.414. The molecule has 1 atom stereocenters. The molecule has 0 unspecified atom stereocenters. The molecule has 5 nitrogen and oxygen atoms in total. The number of aromatic nitrogens is 2. The van der Waals surface area contributed by atoms with Crippen molar-refractivity contribution >= 4 is 5.84 Å². The first-order chi connectivity index (χ1) is 12.7. The molecule has 4 rings (SSSR count). The predicted molar refractivity (Wildman–Crippen MR) is 102 cm³/mol. The standard InChI is InChI=1S/C21H20N4O/c1-26-19-7-5-17(6-8-19)21(10-9-20(22)25-21)18-4-2-3-15(11-18)16-12-23-14-24-13-16/h2-8,11-14H,9-10H2,1H3,(H2,22,25)/t21-/m1/s1. The molecule has 2 aromatic carbocycles. The van der Waals surface area contributed by atoms with Gasteiger partial charge in [-0.3, -0.25) is 4.99 Å². The van der Waals surface area contributed by atoms with Crippen molar-refractivity contribution in [2.75, 3.05) is 7.11 Å². The second kappa shape index (κ2) is 6.59. The number of benzene rings is 2. The second-order valence-electron chi connectivity index (χ2n) is 6.40. The van der Waals surface area contributed by atoms with Crippen LogP contribution in [0.3, 0.4) is 0 Å². The van der Waals surface area contributed by atoms with Gasteiger partial charge in [0.15, 0.2) is 0 Å². The fourth-order valence-electron chi connectivity index (χ4n) is 3.52. The van der Waals surface area contributed by atoms with Gasteiger partial charge < -0.3 is 10.5 Å². The topological polar surface area (TPSA) is 73.4 Å². The minimum absolute atomic E-state index is 0.470. The van der Waals surface area contributed by atoms with Crippen LogP contribution in [0.4, 0.5) is 0 Å². The first kappa shape index (κ1) is 16.3. The molecular weight excluding hydrogens is 324 g/mol. The van der Waals surface area contributed by atoms with Crippen LogP contribution in [0.25, 0.3) is 11.1 Å². The van der Waals surface area contributed by atoms with Crippen LogP contribution in [0.5, 0.6) is 5.75 Å². The molecular formula is C21H20N4O. The van der Waals surface area contributed by atoms with Crippen molar-refractivity contribution in [2.45, 2.75) is 18.4 Å². The Bertz CT molecular complexity index is 938. The van der Waals surface area contributed by atoms with Crippen LogP contribution < -0.4 is 10.5 Å². The number of hydrogen-bond donors (Lipinski definition) is 1. The van der Waals surface area contributed by atoms with Gasteiger partial charge in [0, 0.05) is 24.4 Å². The molecule has 0 aliphatic carbocycles. The molecule has 2 heterocycles. The van der Waals surface area contributed by atoms with Crippen LogP contribution in [-0.4, -0.2) is 22.9 Å². The summed E-state index contributed by atoms with van der Waals surface area (Å²) in [4.78, 5) is 13.1. The molecule has 1 aliphatic rings. The van der Waals surface area contributed by atoms with Gasteiger partial charge in [0.2, 0.25) is 0 Å². The fourth-order valence-corrected chi connectivity index (χ4v) is 3.52. The van der Waals surface area contributed by atoms with Gasteiger partial charge in [0.1, 0.15) is 17.6 Å². The summed E-state index contributed by atoms with van der Waals surface area (Å²) in [6.45, 7) is 0. The molecule has 1 aromatic heterocycles. The van der Waals surface area contributed by atoms with E-state index >= 15 is 0 Å². The molecule has 0 radical (unpaired) electrons. The molecule has 0 bridgehead atoms. The molecule has 26 heavy (non-hydrogen) atoms. The zero-order valence-electron chi connectivity index (χ0n) is 14.6. The van der Waals surface area contributed by atoms with E-state index in [1.54, 1.807) is 7.11 Å². The van der Waals surface area contributed by atoms with Crippen molar-refractivity contribution in [3.05, 3.63) is 78.4 Å². The normalized spacial score (nSPS) is 19.2. The fraction of sp³-hybridized carbons (Fsp3) is 0.190. The Hall–Kier alpha value is -3.21. The Kier molecular flexibility index (Phi) is 4.13.